The summed E-state index contributed by atoms with van der Waals surface area (Å²) in [6.45, 7) is 1.06. The van der Waals surface area contributed by atoms with Gasteiger partial charge in [0.2, 0.25) is 5.91 Å². The van der Waals surface area contributed by atoms with Gasteiger partial charge >= 0.3 is 5.97 Å². The molecule has 26 heavy (non-hydrogen) atoms. The molecule has 1 saturated carbocycles. The summed E-state index contributed by atoms with van der Waals surface area (Å²) < 4.78 is 5.28. The molecule has 2 fully saturated rings. The smallest absolute Gasteiger partial charge is 0.311 e. The molecule has 4 rings (SSSR count). The molecule has 1 aliphatic carbocycles. The number of aliphatic carboxylic acids is 1. The zero-order valence-corrected chi connectivity index (χ0v) is 14.6. The number of carboxylic acid groups (broad SMARTS) is 1. The fourth-order valence-electron chi connectivity index (χ4n) is 3.91. The summed E-state index contributed by atoms with van der Waals surface area (Å²) in [7, 11) is 0. The molecular formula is C21H23NO4. The van der Waals surface area contributed by atoms with Gasteiger partial charge in [-0.05, 0) is 41.5 Å². The third-order valence-corrected chi connectivity index (χ3v) is 5.83. The highest BCUT2D eigenvalue weighted by atomic mass is 16.5. The van der Waals surface area contributed by atoms with Crippen molar-refractivity contribution < 1.29 is 19.4 Å². The van der Waals surface area contributed by atoms with E-state index in [0.717, 1.165) is 6.42 Å². The maximum Gasteiger partial charge on any atom is 0.311 e. The van der Waals surface area contributed by atoms with Gasteiger partial charge in [-0.3, -0.25) is 9.59 Å². The summed E-state index contributed by atoms with van der Waals surface area (Å²) in [5.74, 6) is -0.699. The molecule has 2 unspecified atom stereocenters. The molecule has 1 aliphatic heterocycles. The van der Waals surface area contributed by atoms with Crippen LogP contribution in [0.15, 0.2) is 42.5 Å². The molecule has 1 heterocycles. The van der Waals surface area contributed by atoms with Crippen molar-refractivity contribution in [3.63, 3.8) is 0 Å². The number of carboxylic acids is 1. The van der Waals surface area contributed by atoms with Gasteiger partial charge in [0.1, 0.15) is 0 Å². The summed E-state index contributed by atoms with van der Waals surface area (Å²) >= 11 is 0. The second-order valence-electron chi connectivity index (χ2n) is 7.47. The van der Waals surface area contributed by atoms with Gasteiger partial charge in [0, 0.05) is 25.7 Å². The predicted molar refractivity (Wildman–Crippen MR) is 97.9 cm³/mol. The van der Waals surface area contributed by atoms with Crippen LogP contribution >= 0.6 is 0 Å². The van der Waals surface area contributed by atoms with Crippen LogP contribution < -0.4 is 5.32 Å². The molecule has 0 spiro atoms. The van der Waals surface area contributed by atoms with Crippen molar-refractivity contribution in [3.8, 4) is 0 Å². The van der Waals surface area contributed by atoms with E-state index < -0.39 is 11.4 Å². The highest BCUT2D eigenvalue weighted by Gasteiger charge is 2.46. The molecule has 2 aromatic carbocycles. The first-order valence-corrected chi connectivity index (χ1v) is 9.17. The van der Waals surface area contributed by atoms with Crippen LogP contribution in [-0.4, -0.2) is 36.7 Å². The second-order valence-corrected chi connectivity index (χ2v) is 7.47. The van der Waals surface area contributed by atoms with Crippen LogP contribution in [0.25, 0.3) is 10.8 Å². The van der Waals surface area contributed by atoms with E-state index in [1.807, 2.05) is 12.1 Å². The number of nitrogens with one attached hydrogen (secondary N) is 1. The number of rotatable bonds is 5. The van der Waals surface area contributed by atoms with Gasteiger partial charge in [-0.25, -0.2) is 0 Å². The predicted octanol–water partition coefficient (Wildman–Crippen LogP) is 2.94. The largest absolute Gasteiger partial charge is 0.481 e. The molecule has 2 atom stereocenters. The Hall–Kier alpha value is -2.40. The van der Waals surface area contributed by atoms with Gasteiger partial charge in [-0.2, -0.15) is 0 Å². The molecule has 2 aliphatic rings. The van der Waals surface area contributed by atoms with Gasteiger partial charge in [0.05, 0.1) is 5.41 Å². The van der Waals surface area contributed by atoms with E-state index in [-0.39, 0.29) is 24.3 Å². The first-order chi connectivity index (χ1) is 12.6. The van der Waals surface area contributed by atoms with Crippen molar-refractivity contribution >= 4 is 22.6 Å². The highest BCUT2D eigenvalue weighted by molar-refractivity contribution is 5.86. The average molecular weight is 353 g/mol. The van der Waals surface area contributed by atoms with Crippen molar-refractivity contribution in [1.29, 1.82) is 0 Å². The normalized spacial score (nSPS) is 24.2. The Morgan fingerprint density at radius 3 is 2.58 bits per heavy atom. The maximum atomic E-state index is 12.5. The lowest BCUT2D eigenvalue weighted by Gasteiger charge is -2.33. The minimum Gasteiger partial charge on any atom is -0.481 e. The minimum absolute atomic E-state index is 0.0322. The van der Waals surface area contributed by atoms with Crippen LogP contribution in [-0.2, 0) is 14.3 Å². The number of fused-ring (bicyclic) bond motifs is 1. The number of amides is 1. The summed E-state index contributed by atoms with van der Waals surface area (Å²) in [5.41, 5.74) is 0.296. The quantitative estimate of drug-likeness (QED) is 0.867. The van der Waals surface area contributed by atoms with Crippen LogP contribution in [0.5, 0.6) is 0 Å². The number of benzene rings is 2. The van der Waals surface area contributed by atoms with E-state index in [1.54, 1.807) is 0 Å². The number of carbonyl (C=O) groups excluding carboxylic acids is 1. The van der Waals surface area contributed by atoms with Gasteiger partial charge in [0.25, 0.3) is 0 Å². The Balaban J connectivity index is 1.39. The first-order valence-electron chi connectivity index (χ1n) is 9.17. The van der Waals surface area contributed by atoms with Crippen LogP contribution in [0.4, 0.5) is 0 Å². The molecule has 5 nitrogen and oxygen atoms in total. The van der Waals surface area contributed by atoms with E-state index in [2.05, 4.69) is 35.6 Å². The monoisotopic (exact) mass is 353 g/mol. The molecular weight excluding hydrogens is 330 g/mol. The van der Waals surface area contributed by atoms with E-state index in [4.69, 9.17) is 4.74 Å². The second kappa shape index (κ2) is 6.72. The van der Waals surface area contributed by atoms with Crippen LogP contribution in [0.1, 0.15) is 30.7 Å². The first kappa shape index (κ1) is 17.0. The Morgan fingerprint density at radius 2 is 1.85 bits per heavy atom. The molecule has 1 amide bonds. The Morgan fingerprint density at radius 1 is 1.12 bits per heavy atom. The molecule has 0 aromatic heterocycles. The van der Waals surface area contributed by atoms with Crippen molar-refractivity contribution in [2.24, 2.45) is 11.3 Å². The van der Waals surface area contributed by atoms with E-state index in [9.17, 15) is 14.7 Å². The Labute approximate surface area is 152 Å². The molecule has 1 saturated heterocycles. The zero-order valence-electron chi connectivity index (χ0n) is 14.6. The zero-order chi connectivity index (χ0) is 18.1. The lowest BCUT2D eigenvalue weighted by atomic mass is 9.80. The van der Waals surface area contributed by atoms with E-state index >= 15 is 0 Å². The van der Waals surface area contributed by atoms with Gasteiger partial charge in [0.15, 0.2) is 0 Å². The third kappa shape index (κ3) is 3.19. The molecule has 2 aromatic rings. The molecule has 0 radical (unpaired) electrons. The fourth-order valence-corrected chi connectivity index (χ4v) is 3.91. The average Bonchev–Trinajstić information content (AvgIpc) is 3.47. The fraction of sp³-hybridized carbons (Fsp3) is 0.429. The van der Waals surface area contributed by atoms with Crippen molar-refractivity contribution in [2.45, 2.75) is 25.2 Å². The Kier molecular flexibility index (Phi) is 4.41. The summed E-state index contributed by atoms with van der Waals surface area (Å²) in [6, 6.07) is 14.5. The van der Waals surface area contributed by atoms with Crippen LogP contribution in [0.2, 0.25) is 0 Å². The van der Waals surface area contributed by atoms with Crippen LogP contribution in [0.3, 0.4) is 0 Å². The molecule has 136 valence electrons. The van der Waals surface area contributed by atoms with E-state index in [0.29, 0.717) is 26.1 Å². The maximum absolute atomic E-state index is 12.5. The topological polar surface area (TPSA) is 75.6 Å². The number of hydrogen-bond donors (Lipinski definition) is 2. The van der Waals surface area contributed by atoms with Gasteiger partial charge in [-0.15, -0.1) is 0 Å². The van der Waals surface area contributed by atoms with Gasteiger partial charge in [-0.1, -0.05) is 42.5 Å². The van der Waals surface area contributed by atoms with Gasteiger partial charge < -0.3 is 15.2 Å². The van der Waals surface area contributed by atoms with E-state index in [1.165, 1.54) is 16.3 Å². The SMILES string of the molecule is O=C(NCC1(C(=O)O)CCOCC1)C1CC1c1ccc2ccccc2c1. The summed E-state index contributed by atoms with van der Waals surface area (Å²) in [5, 5.41) is 14.9. The lowest BCUT2D eigenvalue weighted by Crippen LogP contribution is -2.46. The number of carbonyl (C=O) groups is 2. The number of ether oxygens (including phenoxy) is 1. The van der Waals surface area contributed by atoms with Crippen molar-refractivity contribution in [3.05, 3.63) is 48.0 Å². The minimum atomic E-state index is -0.888. The van der Waals surface area contributed by atoms with Crippen molar-refractivity contribution in [2.75, 3.05) is 19.8 Å². The number of hydrogen-bond acceptors (Lipinski definition) is 3. The Bertz CT molecular complexity index is 841. The third-order valence-electron chi connectivity index (χ3n) is 5.83. The van der Waals surface area contributed by atoms with Crippen molar-refractivity contribution in [1.82, 2.24) is 5.32 Å². The molecule has 0 bridgehead atoms. The highest BCUT2D eigenvalue weighted by Crippen LogP contribution is 2.48. The van der Waals surface area contributed by atoms with Crippen LogP contribution in [0, 0.1) is 11.3 Å². The summed E-state index contributed by atoms with van der Waals surface area (Å²) in [6.07, 6.45) is 1.72. The lowest BCUT2D eigenvalue weighted by molar-refractivity contribution is -0.154. The standard InChI is InChI=1S/C21H23NO4/c23-19(22-13-21(20(24)25)7-9-26-10-8-21)18-12-17(18)16-6-5-14-3-1-2-4-15(14)11-16/h1-6,11,17-18H,7-10,12-13H2,(H,22,23)(H,24,25). The summed E-state index contributed by atoms with van der Waals surface area (Å²) in [4.78, 5) is 24.2. The molecule has 2 N–H and O–H groups in total. The molecule has 5 heteroatoms.